The van der Waals surface area contributed by atoms with Crippen molar-refractivity contribution < 1.29 is 14.3 Å². The molecule has 2 unspecified atom stereocenters. The number of H-pyrrole nitrogens is 1. The Bertz CT molecular complexity index is 713. The number of hydrogen-bond acceptors (Lipinski definition) is 3. The monoisotopic (exact) mass is 331 g/mol. The molecule has 0 saturated heterocycles. The molecule has 0 bridgehead atoms. The van der Waals surface area contributed by atoms with Crippen molar-refractivity contribution in [2.75, 3.05) is 6.54 Å². The molecule has 3 rings (SSSR count). The van der Waals surface area contributed by atoms with Gasteiger partial charge in [-0.1, -0.05) is 19.8 Å². The van der Waals surface area contributed by atoms with E-state index in [1.165, 1.54) is 18.3 Å². The minimum atomic E-state index is -0.396. The summed E-state index contributed by atoms with van der Waals surface area (Å²) < 4.78 is 13.1. The maximum Gasteiger partial charge on any atom is 0.255 e. The number of halogens is 1. The molecule has 1 aliphatic rings. The van der Waals surface area contributed by atoms with Crippen LogP contribution in [-0.4, -0.2) is 33.9 Å². The predicted octanol–water partition coefficient (Wildman–Crippen LogP) is 2.89. The molecule has 0 radical (unpaired) electrons. The van der Waals surface area contributed by atoms with Gasteiger partial charge in [0.2, 0.25) is 0 Å². The standard InChI is InChI=1S/C18H22FN3O2/c1-18(9-3-2-4-15(18)23)11-20-17(24)14-10-21-22-16(14)12-5-7-13(19)8-6-12/h5-8,10,15,23H,2-4,9,11H2,1H3,(H,20,24)(H,21,22). The molecule has 0 aliphatic heterocycles. The van der Waals surface area contributed by atoms with Crippen LogP contribution in [0.5, 0.6) is 0 Å². The van der Waals surface area contributed by atoms with Crippen LogP contribution in [0.15, 0.2) is 30.5 Å². The zero-order valence-electron chi connectivity index (χ0n) is 13.7. The molecular weight excluding hydrogens is 309 g/mol. The van der Waals surface area contributed by atoms with E-state index >= 15 is 0 Å². The molecule has 5 nitrogen and oxygen atoms in total. The first kappa shape index (κ1) is 16.6. The number of hydrogen-bond donors (Lipinski definition) is 3. The van der Waals surface area contributed by atoms with Gasteiger partial charge in [-0.25, -0.2) is 4.39 Å². The third-order valence-corrected chi connectivity index (χ3v) is 4.95. The van der Waals surface area contributed by atoms with E-state index in [1.54, 1.807) is 12.1 Å². The van der Waals surface area contributed by atoms with Gasteiger partial charge in [-0.15, -0.1) is 0 Å². The third-order valence-electron chi connectivity index (χ3n) is 4.95. The Labute approximate surface area is 140 Å². The third kappa shape index (κ3) is 3.33. The van der Waals surface area contributed by atoms with Gasteiger partial charge in [-0.2, -0.15) is 5.10 Å². The summed E-state index contributed by atoms with van der Waals surface area (Å²) in [6.45, 7) is 2.42. The summed E-state index contributed by atoms with van der Waals surface area (Å²) in [6.07, 6.45) is 4.83. The number of aromatic amines is 1. The molecule has 2 aromatic rings. The van der Waals surface area contributed by atoms with Crippen molar-refractivity contribution in [3.63, 3.8) is 0 Å². The number of carbonyl (C=O) groups is 1. The van der Waals surface area contributed by atoms with Gasteiger partial charge in [-0.05, 0) is 37.1 Å². The van der Waals surface area contributed by atoms with E-state index in [2.05, 4.69) is 15.5 Å². The molecule has 1 aromatic heterocycles. The number of carbonyl (C=O) groups excluding carboxylic acids is 1. The molecule has 1 fully saturated rings. The number of aliphatic hydroxyl groups is 1. The lowest BCUT2D eigenvalue weighted by atomic mass is 9.73. The van der Waals surface area contributed by atoms with Crippen molar-refractivity contribution in [1.82, 2.24) is 15.5 Å². The first-order valence-electron chi connectivity index (χ1n) is 8.25. The van der Waals surface area contributed by atoms with Crippen LogP contribution in [-0.2, 0) is 0 Å². The van der Waals surface area contributed by atoms with Crippen LogP contribution in [0.4, 0.5) is 4.39 Å². The molecule has 2 atom stereocenters. The van der Waals surface area contributed by atoms with Crippen LogP contribution in [0.1, 0.15) is 43.0 Å². The lowest BCUT2D eigenvalue weighted by Gasteiger charge is -2.38. The number of rotatable bonds is 4. The van der Waals surface area contributed by atoms with E-state index in [9.17, 15) is 14.3 Å². The van der Waals surface area contributed by atoms with Gasteiger partial charge in [0.25, 0.3) is 5.91 Å². The molecule has 1 heterocycles. The number of aliphatic hydroxyl groups excluding tert-OH is 1. The zero-order chi connectivity index (χ0) is 17.2. The van der Waals surface area contributed by atoms with Crippen LogP contribution in [0.3, 0.4) is 0 Å². The molecule has 1 aliphatic carbocycles. The zero-order valence-corrected chi connectivity index (χ0v) is 13.7. The minimum Gasteiger partial charge on any atom is -0.392 e. The van der Waals surface area contributed by atoms with Crippen molar-refractivity contribution >= 4 is 5.91 Å². The lowest BCUT2D eigenvalue weighted by Crippen LogP contribution is -2.45. The highest BCUT2D eigenvalue weighted by Crippen LogP contribution is 2.35. The fourth-order valence-electron chi connectivity index (χ4n) is 3.26. The lowest BCUT2D eigenvalue weighted by molar-refractivity contribution is 0.00191. The van der Waals surface area contributed by atoms with Crippen LogP contribution >= 0.6 is 0 Å². The van der Waals surface area contributed by atoms with Crippen molar-refractivity contribution in [1.29, 1.82) is 0 Å². The highest BCUT2D eigenvalue weighted by Gasteiger charge is 2.35. The highest BCUT2D eigenvalue weighted by atomic mass is 19.1. The quantitative estimate of drug-likeness (QED) is 0.806. The summed E-state index contributed by atoms with van der Waals surface area (Å²) in [5.41, 5.74) is 1.37. The van der Waals surface area contributed by atoms with E-state index in [-0.39, 0.29) is 17.1 Å². The number of nitrogens with zero attached hydrogens (tertiary/aromatic N) is 1. The second-order valence-corrected chi connectivity index (χ2v) is 6.76. The molecule has 6 heteroatoms. The Morgan fingerprint density at radius 3 is 2.88 bits per heavy atom. The van der Waals surface area contributed by atoms with Gasteiger partial charge >= 0.3 is 0 Å². The van der Waals surface area contributed by atoms with Gasteiger partial charge in [0.1, 0.15) is 5.82 Å². The molecule has 0 spiro atoms. The normalized spacial score (nSPS) is 23.9. The van der Waals surface area contributed by atoms with Crippen molar-refractivity contribution in [3.05, 3.63) is 41.8 Å². The van der Waals surface area contributed by atoms with Gasteiger partial charge in [-0.3, -0.25) is 9.89 Å². The Morgan fingerprint density at radius 2 is 2.17 bits per heavy atom. The molecule has 1 amide bonds. The molecule has 128 valence electrons. The smallest absolute Gasteiger partial charge is 0.255 e. The van der Waals surface area contributed by atoms with Crippen LogP contribution in [0.2, 0.25) is 0 Å². The minimum absolute atomic E-state index is 0.248. The number of amides is 1. The van der Waals surface area contributed by atoms with Gasteiger partial charge in [0, 0.05) is 17.5 Å². The summed E-state index contributed by atoms with van der Waals surface area (Å²) >= 11 is 0. The number of benzene rings is 1. The average Bonchev–Trinajstić information content (AvgIpc) is 3.06. The first-order valence-corrected chi connectivity index (χ1v) is 8.25. The largest absolute Gasteiger partial charge is 0.392 e. The molecule has 24 heavy (non-hydrogen) atoms. The van der Waals surface area contributed by atoms with Crippen LogP contribution in [0.25, 0.3) is 11.3 Å². The van der Waals surface area contributed by atoms with Crippen molar-refractivity contribution in [2.45, 2.75) is 38.7 Å². The van der Waals surface area contributed by atoms with E-state index in [0.717, 1.165) is 25.7 Å². The van der Waals surface area contributed by atoms with E-state index in [4.69, 9.17) is 0 Å². The second-order valence-electron chi connectivity index (χ2n) is 6.76. The van der Waals surface area contributed by atoms with Gasteiger partial charge in [0.05, 0.1) is 23.6 Å². The summed E-state index contributed by atoms with van der Waals surface area (Å²) in [6, 6.07) is 5.90. The Hall–Kier alpha value is -2.21. The van der Waals surface area contributed by atoms with Gasteiger partial charge in [0.15, 0.2) is 0 Å². The Balaban J connectivity index is 1.72. The SMILES string of the molecule is CC1(CNC(=O)c2cn[nH]c2-c2ccc(F)cc2)CCCCC1O. The maximum atomic E-state index is 13.1. The summed E-state index contributed by atoms with van der Waals surface area (Å²) in [4.78, 5) is 12.5. The summed E-state index contributed by atoms with van der Waals surface area (Å²) in [5, 5.41) is 19.9. The highest BCUT2D eigenvalue weighted by molar-refractivity contribution is 5.99. The average molecular weight is 331 g/mol. The number of aromatic nitrogens is 2. The fourth-order valence-corrected chi connectivity index (χ4v) is 3.26. The fraction of sp³-hybridized carbons (Fsp3) is 0.444. The van der Waals surface area contributed by atoms with E-state index < -0.39 is 6.10 Å². The predicted molar refractivity (Wildman–Crippen MR) is 88.9 cm³/mol. The van der Waals surface area contributed by atoms with Crippen LogP contribution in [0, 0.1) is 11.2 Å². The molecule has 1 aromatic carbocycles. The van der Waals surface area contributed by atoms with Crippen LogP contribution < -0.4 is 5.32 Å². The summed E-state index contributed by atoms with van der Waals surface area (Å²) in [5.74, 6) is -0.578. The van der Waals surface area contributed by atoms with Crippen molar-refractivity contribution in [3.8, 4) is 11.3 Å². The van der Waals surface area contributed by atoms with Crippen molar-refractivity contribution in [2.24, 2.45) is 5.41 Å². The van der Waals surface area contributed by atoms with Gasteiger partial charge < -0.3 is 10.4 Å². The second kappa shape index (κ2) is 6.73. The van der Waals surface area contributed by atoms with E-state index in [1.807, 2.05) is 6.92 Å². The van der Waals surface area contributed by atoms with E-state index in [0.29, 0.717) is 23.4 Å². The molecule has 3 N–H and O–H groups in total. The Kier molecular flexibility index (Phi) is 4.66. The maximum absolute atomic E-state index is 13.1. The molecular formula is C18H22FN3O2. The summed E-state index contributed by atoms with van der Waals surface area (Å²) in [7, 11) is 0. The first-order chi connectivity index (χ1) is 11.5. The number of nitrogens with one attached hydrogen (secondary N) is 2. The Morgan fingerprint density at radius 1 is 1.42 bits per heavy atom. The topological polar surface area (TPSA) is 78.0 Å². The molecule has 1 saturated carbocycles.